The lowest BCUT2D eigenvalue weighted by Crippen LogP contribution is -2.29. The summed E-state index contributed by atoms with van der Waals surface area (Å²) in [6.45, 7) is 3.57. The first-order valence-electron chi connectivity index (χ1n) is 8.97. The van der Waals surface area contributed by atoms with Crippen molar-refractivity contribution in [2.24, 2.45) is 5.41 Å². The van der Waals surface area contributed by atoms with Gasteiger partial charge in [-0.1, -0.05) is 0 Å². The van der Waals surface area contributed by atoms with Gasteiger partial charge in [-0.15, -0.1) is 0 Å². The minimum absolute atomic E-state index is 0.316. The molecule has 2 aromatic rings. The Morgan fingerprint density at radius 2 is 2.16 bits per heavy atom. The lowest BCUT2D eigenvalue weighted by Gasteiger charge is -2.23. The lowest BCUT2D eigenvalue weighted by molar-refractivity contribution is 0.0601. The van der Waals surface area contributed by atoms with Crippen molar-refractivity contribution in [3.63, 3.8) is 0 Å². The molecule has 1 unspecified atom stereocenters. The first-order valence-corrected chi connectivity index (χ1v) is 8.97. The predicted octanol–water partition coefficient (Wildman–Crippen LogP) is 2.33. The van der Waals surface area contributed by atoms with Crippen LogP contribution in [0.3, 0.4) is 0 Å². The number of nitrogens with zero attached hydrogens (tertiary/aromatic N) is 2. The Bertz CT molecular complexity index is 793. The Labute approximate surface area is 147 Å². The number of fused-ring (bicyclic) bond motifs is 1. The molecule has 1 saturated carbocycles. The number of aromatic nitrogens is 2. The van der Waals surface area contributed by atoms with E-state index in [1.54, 1.807) is 13.2 Å². The largest absolute Gasteiger partial charge is 0.465 e. The lowest BCUT2D eigenvalue weighted by atomic mass is 9.92. The Morgan fingerprint density at radius 3 is 2.88 bits per heavy atom. The molecule has 6 heteroatoms. The van der Waals surface area contributed by atoms with E-state index in [4.69, 9.17) is 14.5 Å². The maximum absolute atomic E-state index is 11.9. The van der Waals surface area contributed by atoms with Crippen molar-refractivity contribution in [2.45, 2.75) is 31.7 Å². The van der Waals surface area contributed by atoms with E-state index in [0.717, 1.165) is 36.5 Å². The third kappa shape index (κ3) is 2.83. The SMILES string of the molecule is COCCn1c(C2CC23CCNCC3)nc2ccc(C(=O)OC)cc21. The molecule has 1 aliphatic carbocycles. The van der Waals surface area contributed by atoms with Gasteiger partial charge in [0.05, 0.1) is 30.3 Å². The number of nitrogens with one attached hydrogen (secondary N) is 1. The van der Waals surface area contributed by atoms with Crippen LogP contribution in [0.25, 0.3) is 11.0 Å². The molecule has 1 atom stereocenters. The van der Waals surface area contributed by atoms with Crippen LogP contribution in [0, 0.1) is 5.41 Å². The highest BCUT2D eigenvalue weighted by Crippen LogP contribution is 2.64. The summed E-state index contributed by atoms with van der Waals surface area (Å²) in [5.41, 5.74) is 2.91. The summed E-state index contributed by atoms with van der Waals surface area (Å²) >= 11 is 0. The van der Waals surface area contributed by atoms with E-state index < -0.39 is 0 Å². The van der Waals surface area contributed by atoms with Gasteiger partial charge in [0.15, 0.2) is 0 Å². The average molecular weight is 343 g/mol. The van der Waals surface area contributed by atoms with Crippen molar-refractivity contribution >= 4 is 17.0 Å². The van der Waals surface area contributed by atoms with Crippen molar-refractivity contribution in [1.82, 2.24) is 14.9 Å². The topological polar surface area (TPSA) is 65.4 Å². The highest BCUT2D eigenvalue weighted by atomic mass is 16.5. The Balaban J connectivity index is 1.74. The van der Waals surface area contributed by atoms with E-state index in [1.165, 1.54) is 26.4 Å². The van der Waals surface area contributed by atoms with Crippen LogP contribution in [0.1, 0.15) is 41.4 Å². The van der Waals surface area contributed by atoms with Crippen LogP contribution in [0.15, 0.2) is 18.2 Å². The van der Waals surface area contributed by atoms with Crippen molar-refractivity contribution in [2.75, 3.05) is 33.9 Å². The molecule has 1 aromatic carbocycles. The maximum Gasteiger partial charge on any atom is 0.337 e. The van der Waals surface area contributed by atoms with Gasteiger partial charge in [-0.2, -0.15) is 0 Å². The Kier molecular flexibility index (Phi) is 4.25. The van der Waals surface area contributed by atoms with Gasteiger partial charge >= 0.3 is 5.97 Å². The van der Waals surface area contributed by atoms with Gasteiger partial charge in [0, 0.05) is 19.6 Å². The van der Waals surface area contributed by atoms with E-state index in [2.05, 4.69) is 9.88 Å². The predicted molar refractivity (Wildman–Crippen MR) is 94.8 cm³/mol. The van der Waals surface area contributed by atoms with E-state index in [0.29, 0.717) is 23.5 Å². The van der Waals surface area contributed by atoms with Crippen LogP contribution in [-0.4, -0.2) is 49.4 Å². The summed E-state index contributed by atoms with van der Waals surface area (Å²) < 4.78 is 12.4. The molecule has 0 bridgehead atoms. The van der Waals surface area contributed by atoms with Crippen LogP contribution in [0.2, 0.25) is 0 Å². The number of hydrogen-bond donors (Lipinski definition) is 1. The number of benzene rings is 1. The van der Waals surface area contributed by atoms with Gasteiger partial charge in [-0.25, -0.2) is 9.78 Å². The molecule has 1 aromatic heterocycles. The fraction of sp³-hybridized carbons (Fsp3) is 0.579. The number of carbonyl (C=O) groups excluding carboxylic acids is 1. The molecule has 6 nitrogen and oxygen atoms in total. The molecule has 2 heterocycles. The fourth-order valence-electron chi connectivity index (χ4n) is 4.26. The molecule has 2 aliphatic rings. The van der Waals surface area contributed by atoms with Crippen molar-refractivity contribution in [3.05, 3.63) is 29.6 Å². The van der Waals surface area contributed by atoms with Gasteiger partial charge < -0.3 is 19.4 Å². The molecule has 0 amide bonds. The normalized spacial score (nSPS) is 21.6. The zero-order valence-corrected chi connectivity index (χ0v) is 14.9. The van der Waals surface area contributed by atoms with Crippen LogP contribution in [-0.2, 0) is 16.0 Å². The molecule has 1 saturated heterocycles. The summed E-state index contributed by atoms with van der Waals surface area (Å²) in [4.78, 5) is 16.8. The average Bonchev–Trinajstić information content (AvgIpc) is 3.20. The molecule has 1 N–H and O–H groups in total. The van der Waals surface area contributed by atoms with E-state index >= 15 is 0 Å². The quantitative estimate of drug-likeness (QED) is 0.844. The van der Waals surface area contributed by atoms with Gasteiger partial charge in [0.1, 0.15) is 5.82 Å². The van der Waals surface area contributed by atoms with Gasteiger partial charge in [-0.3, -0.25) is 0 Å². The number of imidazole rings is 1. The van der Waals surface area contributed by atoms with Crippen molar-refractivity contribution < 1.29 is 14.3 Å². The molecule has 1 spiro atoms. The number of rotatable bonds is 5. The molecule has 0 radical (unpaired) electrons. The number of esters is 1. The van der Waals surface area contributed by atoms with Crippen molar-refractivity contribution in [1.29, 1.82) is 0 Å². The summed E-state index contributed by atoms with van der Waals surface area (Å²) in [6, 6.07) is 5.61. The standard InChI is InChI=1S/C19H25N3O3/c1-24-10-9-22-16-11-13(18(23)25-2)3-4-15(16)21-17(22)14-12-19(14)5-7-20-8-6-19/h3-4,11,14,20H,5-10,12H2,1-2H3. The van der Waals surface area contributed by atoms with Crippen molar-refractivity contribution in [3.8, 4) is 0 Å². The zero-order valence-electron chi connectivity index (χ0n) is 14.9. The highest BCUT2D eigenvalue weighted by molar-refractivity contribution is 5.93. The second-order valence-electron chi connectivity index (χ2n) is 7.18. The number of carbonyl (C=O) groups is 1. The van der Waals surface area contributed by atoms with E-state index in [-0.39, 0.29) is 5.97 Å². The Morgan fingerprint density at radius 1 is 1.36 bits per heavy atom. The van der Waals surface area contributed by atoms with Gasteiger partial charge in [-0.05, 0) is 56.0 Å². The Hall–Kier alpha value is -1.92. The summed E-state index contributed by atoms with van der Waals surface area (Å²) in [5.74, 6) is 1.35. The molecule has 134 valence electrons. The molecular weight excluding hydrogens is 318 g/mol. The molecule has 4 rings (SSSR count). The van der Waals surface area contributed by atoms with Crippen LogP contribution in [0.4, 0.5) is 0 Å². The molecular formula is C19H25N3O3. The minimum atomic E-state index is -0.316. The smallest absolute Gasteiger partial charge is 0.337 e. The summed E-state index contributed by atoms with van der Waals surface area (Å²) in [5, 5.41) is 3.46. The number of ether oxygens (including phenoxy) is 2. The molecule has 1 aliphatic heterocycles. The monoisotopic (exact) mass is 343 g/mol. The van der Waals surface area contributed by atoms with Crippen LogP contribution >= 0.6 is 0 Å². The van der Waals surface area contributed by atoms with E-state index in [1.807, 2.05) is 12.1 Å². The van der Waals surface area contributed by atoms with Crippen LogP contribution < -0.4 is 5.32 Å². The maximum atomic E-state index is 11.9. The van der Waals surface area contributed by atoms with Crippen LogP contribution in [0.5, 0.6) is 0 Å². The first-order chi connectivity index (χ1) is 12.2. The number of hydrogen-bond acceptors (Lipinski definition) is 5. The number of piperidine rings is 1. The second kappa shape index (κ2) is 6.42. The first kappa shape index (κ1) is 16.5. The number of methoxy groups -OCH3 is 2. The molecule has 25 heavy (non-hydrogen) atoms. The second-order valence-corrected chi connectivity index (χ2v) is 7.18. The van der Waals surface area contributed by atoms with E-state index in [9.17, 15) is 4.79 Å². The summed E-state index contributed by atoms with van der Waals surface area (Å²) in [6.07, 6.45) is 3.66. The fourth-order valence-corrected chi connectivity index (χ4v) is 4.26. The zero-order chi connectivity index (χ0) is 17.4. The third-order valence-electron chi connectivity index (χ3n) is 5.82. The minimum Gasteiger partial charge on any atom is -0.465 e. The molecule has 2 fully saturated rings. The third-order valence-corrected chi connectivity index (χ3v) is 5.82. The van der Waals surface area contributed by atoms with Gasteiger partial charge in [0.2, 0.25) is 0 Å². The summed E-state index contributed by atoms with van der Waals surface area (Å²) in [7, 11) is 3.12. The highest BCUT2D eigenvalue weighted by Gasteiger charge is 2.56. The van der Waals surface area contributed by atoms with Gasteiger partial charge in [0.25, 0.3) is 0 Å².